The summed E-state index contributed by atoms with van der Waals surface area (Å²) in [6, 6.07) is 0. The van der Waals surface area contributed by atoms with Crippen LogP contribution in [0.1, 0.15) is 47.5 Å². The molecule has 2 unspecified atom stereocenters. The third kappa shape index (κ3) is 10.3. The number of rotatable bonds is 11. The summed E-state index contributed by atoms with van der Waals surface area (Å²) in [5.41, 5.74) is 0. The maximum absolute atomic E-state index is 9.28. The van der Waals surface area contributed by atoms with Crippen LogP contribution in [0.3, 0.4) is 0 Å². The molecule has 0 aromatic carbocycles. The van der Waals surface area contributed by atoms with Crippen molar-refractivity contribution in [2.45, 2.75) is 53.6 Å². The lowest BCUT2D eigenvalue weighted by Crippen LogP contribution is -2.50. The quantitative estimate of drug-likeness (QED) is 0.383. The first-order chi connectivity index (χ1) is 12.4. The highest BCUT2D eigenvalue weighted by Crippen LogP contribution is 2.15. The van der Waals surface area contributed by atoms with Crippen molar-refractivity contribution in [1.29, 1.82) is 0 Å². The van der Waals surface area contributed by atoms with Crippen LogP contribution in [0.4, 0.5) is 0 Å². The first-order valence-corrected chi connectivity index (χ1v) is 10.4. The van der Waals surface area contributed by atoms with E-state index in [-0.39, 0.29) is 12.7 Å². The molecule has 1 rings (SSSR count). The molecule has 154 valence electrons. The zero-order valence-corrected chi connectivity index (χ0v) is 17.6. The Hall–Kier alpha value is -0.850. The molecule has 0 aromatic heterocycles. The molecule has 0 spiro atoms. The summed E-state index contributed by atoms with van der Waals surface area (Å²) in [7, 11) is 0. The fourth-order valence-electron chi connectivity index (χ4n) is 3.49. The van der Waals surface area contributed by atoms with Crippen molar-refractivity contribution >= 4 is 5.96 Å². The molecule has 0 saturated carbocycles. The van der Waals surface area contributed by atoms with Gasteiger partial charge in [-0.1, -0.05) is 27.7 Å². The molecule has 1 fully saturated rings. The highest BCUT2D eigenvalue weighted by atomic mass is 16.5. The van der Waals surface area contributed by atoms with Gasteiger partial charge in [0.05, 0.1) is 12.7 Å². The van der Waals surface area contributed by atoms with Crippen molar-refractivity contribution in [1.82, 2.24) is 15.5 Å². The van der Waals surface area contributed by atoms with Gasteiger partial charge >= 0.3 is 0 Å². The molecule has 1 saturated heterocycles. The number of aliphatic hydroxyl groups excluding tert-OH is 1. The van der Waals surface area contributed by atoms with Gasteiger partial charge in [0, 0.05) is 45.9 Å². The molecule has 6 heteroatoms. The molecule has 1 aliphatic heterocycles. The standard InChI is InChI=1S/C20H42N4O2/c1-6-21-20(22-12-18(7-9-25)11-16(2)3)23-13-19-15-24(8-10-26-19)14-17(4)5/h16-19,25H,6-15H2,1-5H3,(H2,21,22,23). The second-order valence-electron chi connectivity index (χ2n) is 8.25. The zero-order chi connectivity index (χ0) is 19.4. The van der Waals surface area contributed by atoms with E-state index in [0.29, 0.717) is 17.8 Å². The maximum atomic E-state index is 9.28. The van der Waals surface area contributed by atoms with Crippen LogP contribution in [0.15, 0.2) is 4.99 Å². The molecular formula is C20H42N4O2. The Balaban J connectivity index is 2.50. The van der Waals surface area contributed by atoms with Crippen LogP contribution in [0.2, 0.25) is 0 Å². The number of morpholine rings is 1. The molecular weight excluding hydrogens is 328 g/mol. The second-order valence-corrected chi connectivity index (χ2v) is 8.25. The number of nitrogens with zero attached hydrogens (tertiary/aromatic N) is 2. The first kappa shape index (κ1) is 23.2. The Kier molecular flexibility index (Phi) is 11.9. The minimum atomic E-state index is 0.204. The third-order valence-corrected chi connectivity index (χ3v) is 4.54. The normalized spacial score (nSPS) is 20.6. The van der Waals surface area contributed by atoms with Gasteiger partial charge in [0.25, 0.3) is 0 Å². The molecule has 1 aliphatic rings. The first-order valence-electron chi connectivity index (χ1n) is 10.4. The van der Waals surface area contributed by atoms with Gasteiger partial charge in [-0.15, -0.1) is 0 Å². The van der Waals surface area contributed by atoms with E-state index in [9.17, 15) is 5.11 Å². The molecule has 0 radical (unpaired) electrons. The highest BCUT2D eigenvalue weighted by Gasteiger charge is 2.21. The minimum absolute atomic E-state index is 0.204. The van der Waals surface area contributed by atoms with E-state index in [1.165, 1.54) is 0 Å². The summed E-state index contributed by atoms with van der Waals surface area (Å²) < 4.78 is 5.92. The lowest BCUT2D eigenvalue weighted by Gasteiger charge is -2.34. The van der Waals surface area contributed by atoms with Gasteiger partial charge in [0.1, 0.15) is 0 Å². The van der Waals surface area contributed by atoms with Crippen molar-refractivity contribution in [2.24, 2.45) is 22.7 Å². The van der Waals surface area contributed by atoms with Crippen LogP contribution < -0.4 is 10.6 Å². The average molecular weight is 371 g/mol. The number of aliphatic imine (C=N–C) groups is 1. The SMILES string of the molecule is CCNC(=NCC(CCO)CC(C)C)NCC1CN(CC(C)C)CCO1. The Morgan fingerprint density at radius 2 is 2.00 bits per heavy atom. The Morgan fingerprint density at radius 1 is 1.23 bits per heavy atom. The van der Waals surface area contributed by atoms with Crippen LogP contribution in [0.25, 0.3) is 0 Å². The number of aliphatic hydroxyl groups is 1. The minimum Gasteiger partial charge on any atom is -0.396 e. The van der Waals surface area contributed by atoms with Gasteiger partial charge in [-0.3, -0.25) is 9.89 Å². The fourth-order valence-corrected chi connectivity index (χ4v) is 3.49. The number of hydrogen-bond acceptors (Lipinski definition) is 4. The monoisotopic (exact) mass is 370 g/mol. The van der Waals surface area contributed by atoms with Gasteiger partial charge < -0.3 is 20.5 Å². The van der Waals surface area contributed by atoms with Gasteiger partial charge in [-0.25, -0.2) is 0 Å². The van der Waals surface area contributed by atoms with Crippen molar-refractivity contribution in [2.75, 3.05) is 52.5 Å². The van der Waals surface area contributed by atoms with E-state index in [2.05, 4.69) is 50.2 Å². The van der Waals surface area contributed by atoms with Crippen molar-refractivity contribution in [3.05, 3.63) is 0 Å². The van der Waals surface area contributed by atoms with Crippen LogP contribution in [0.5, 0.6) is 0 Å². The topological polar surface area (TPSA) is 69.1 Å². The highest BCUT2D eigenvalue weighted by molar-refractivity contribution is 5.79. The van der Waals surface area contributed by atoms with Crippen LogP contribution in [-0.4, -0.2) is 74.6 Å². The number of nitrogens with one attached hydrogen (secondary N) is 2. The number of hydrogen-bond donors (Lipinski definition) is 3. The molecule has 0 aliphatic carbocycles. The van der Waals surface area contributed by atoms with Crippen LogP contribution in [-0.2, 0) is 4.74 Å². The molecule has 1 heterocycles. The fraction of sp³-hybridized carbons (Fsp3) is 0.950. The second kappa shape index (κ2) is 13.3. The lowest BCUT2D eigenvalue weighted by molar-refractivity contribution is -0.0284. The largest absolute Gasteiger partial charge is 0.396 e. The molecule has 0 aromatic rings. The van der Waals surface area contributed by atoms with Crippen molar-refractivity contribution in [3.8, 4) is 0 Å². The summed E-state index contributed by atoms with van der Waals surface area (Å²) in [6.45, 7) is 17.6. The zero-order valence-electron chi connectivity index (χ0n) is 17.6. The van der Waals surface area contributed by atoms with Crippen LogP contribution in [0, 0.1) is 17.8 Å². The van der Waals surface area contributed by atoms with E-state index in [1.807, 2.05) is 0 Å². The van der Waals surface area contributed by atoms with E-state index in [4.69, 9.17) is 9.73 Å². The van der Waals surface area contributed by atoms with E-state index in [1.54, 1.807) is 0 Å². The van der Waals surface area contributed by atoms with Gasteiger partial charge in [-0.05, 0) is 37.5 Å². The summed E-state index contributed by atoms with van der Waals surface area (Å²) >= 11 is 0. The van der Waals surface area contributed by atoms with Gasteiger partial charge in [-0.2, -0.15) is 0 Å². The van der Waals surface area contributed by atoms with Crippen LogP contribution >= 0.6 is 0 Å². The Morgan fingerprint density at radius 3 is 2.62 bits per heavy atom. The summed E-state index contributed by atoms with van der Waals surface area (Å²) in [5, 5.41) is 16.0. The molecule has 0 bridgehead atoms. The van der Waals surface area contributed by atoms with Gasteiger partial charge in [0.15, 0.2) is 5.96 Å². The predicted molar refractivity (Wildman–Crippen MR) is 110 cm³/mol. The smallest absolute Gasteiger partial charge is 0.191 e. The van der Waals surface area contributed by atoms with Crippen molar-refractivity contribution in [3.63, 3.8) is 0 Å². The van der Waals surface area contributed by atoms with E-state index >= 15 is 0 Å². The number of guanidine groups is 1. The number of ether oxygens (including phenoxy) is 1. The summed E-state index contributed by atoms with van der Waals surface area (Å²) in [6.07, 6.45) is 2.12. The molecule has 6 nitrogen and oxygen atoms in total. The third-order valence-electron chi connectivity index (χ3n) is 4.54. The molecule has 2 atom stereocenters. The lowest BCUT2D eigenvalue weighted by atomic mass is 9.94. The average Bonchev–Trinajstić information content (AvgIpc) is 2.56. The van der Waals surface area contributed by atoms with Gasteiger partial charge in [0.2, 0.25) is 0 Å². The van der Waals surface area contributed by atoms with E-state index in [0.717, 1.165) is 64.7 Å². The Labute approximate surface area is 160 Å². The molecule has 26 heavy (non-hydrogen) atoms. The molecule has 0 amide bonds. The molecule has 3 N–H and O–H groups in total. The summed E-state index contributed by atoms with van der Waals surface area (Å²) in [5.74, 6) is 2.59. The maximum Gasteiger partial charge on any atom is 0.191 e. The van der Waals surface area contributed by atoms with E-state index < -0.39 is 0 Å². The summed E-state index contributed by atoms with van der Waals surface area (Å²) in [4.78, 5) is 7.24. The van der Waals surface area contributed by atoms with Crippen molar-refractivity contribution < 1.29 is 9.84 Å². The Bertz CT molecular complexity index is 388. The predicted octanol–water partition coefficient (Wildman–Crippen LogP) is 1.94.